The van der Waals surface area contributed by atoms with Gasteiger partial charge in [-0.15, -0.1) is 5.48 Å². The lowest BCUT2D eigenvalue weighted by Gasteiger charge is -2.06. The van der Waals surface area contributed by atoms with Crippen LogP contribution < -0.4 is 16.7 Å². The molecule has 0 bridgehead atoms. The number of nitrogens with one attached hydrogen (secondary N) is 1. The quantitative estimate of drug-likeness (QED) is 0.387. The van der Waals surface area contributed by atoms with Crippen molar-refractivity contribution in [3.63, 3.8) is 0 Å². The first kappa shape index (κ1) is 13.8. The Bertz CT molecular complexity index is 422. The summed E-state index contributed by atoms with van der Waals surface area (Å²) in [5.74, 6) is 0. The SMILES string of the molecule is NC(=O)ONC(=O)OCc1ccc(B(O)O)cc1. The predicted molar refractivity (Wildman–Crippen MR) is 60.3 cm³/mol. The molecule has 0 aliphatic rings. The van der Waals surface area contributed by atoms with E-state index in [1.54, 1.807) is 17.6 Å². The molecule has 8 nitrogen and oxygen atoms in total. The van der Waals surface area contributed by atoms with E-state index in [9.17, 15) is 9.59 Å². The number of rotatable bonds is 3. The summed E-state index contributed by atoms with van der Waals surface area (Å²) in [5, 5.41) is 17.7. The zero-order valence-electron chi connectivity index (χ0n) is 9.20. The van der Waals surface area contributed by atoms with Gasteiger partial charge in [0.15, 0.2) is 0 Å². The average molecular weight is 254 g/mol. The highest BCUT2D eigenvalue weighted by molar-refractivity contribution is 6.58. The molecule has 1 aromatic rings. The summed E-state index contributed by atoms with van der Waals surface area (Å²) < 4.78 is 4.67. The van der Waals surface area contributed by atoms with Crippen LogP contribution in [-0.2, 0) is 16.2 Å². The third-order valence-electron chi connectivity index (χ3n) is 1.88. The van der Waals surface area contributed by atoms with Crippen molar-refractivity contribution in [1.29, 1.82) is 0 Å². The van der Waals surface area contributed by atoms with Crippen molar-refractivity contribution in [3.05, 3.63) is 29.8 Å². The summed E-state index contributed by atoms with van der Waals surface area (Å²) in [6.07, 6.45) is -2.13. The van der Waals surface area contributed by atoms with E-state index in [0.717, 1.165) is 0 Å². The Kier molecular flexibility index (Phi) is 4.97. The van der Waals surface area contributed by atoms with Crippen molar-refractivity contribution in [2.45, 2.75) is 6.61 Å². The lowest BCUT2D eigenvalue weighted by molar-refractivity contribution is 0.0647. The summed E-state index contributed by atoms with van der Waals surface area (Å²) in [6, 6.07) is 6.05. The normalized spacial score (nSPS) is 9.44. The molecule has 0 saturated heterocycles. The molecular formula is C9H11BN2O6. The molecule has 0 aromatic heterocycles. The molecule has 0 aliphatic carbocycles. The van der Waals surface area contributed by atoms with Crippen LogP contribution in [0.4, 0.5) is 9.59 Å². The molecule has 96 valence electrons. The van der Waals surface area contributed by atoms with Crippen LogP contribution in [0.1, 0.15) is 5.56 Å². The summed E-state index contributed by atoms with van der Waals surface area (Å²) in [7, 11) is -1.55. The predicted octanol–water partition coefficient (Wildman–Crippen LogP) is -1.40. The van der Waals surface area contributed by atoms with Crippen LogP contribution in [0.5, 0.6) is 0 Å². The summed E-state index contributed by atoms with van der Waals surface area (Å²) >= 11 is 0. The number of amides is 2. The maximum absolute atomic E-state index is 10.9. The van der Waals surface area contributed by atoms with E-state index in [-0.39, 0.29) is 6.61 Å². The molecule has 5 N–H and O–H groups in total. The smallest absolute Gasteiger partial charge is 0.443 e. The number of hydrogen-bond acceptors (Lipinski definition) is 6. The minimum absolute atomic E-state index is 0.0737. The molecule has 0 unspecified atom stereocenters. The van der Waals surface area contributed by atoms with E-state index in [2.05, 4.69) is 15.3 Å². The van der Waals surface area contributed by atoms with Gasteiger partial charge in [0, 0.05) is 0 Å². The van der Waals surface area contributed by atoms with E-state index in [0.29, 0.717) is 11.0 Å². The Balaban J connectivity index is 2.39. The molecule has 0 radical (unpaired) electrons. The molecular weight excluding hydrogens is 243 g/mol. The second-order valence-electron chi connectivity index (χ2n) is 3.21. The van der Waals surface area contributed by atoms with Gasteiger partial charge >= 0.3 is 19.3 Å². The number of ether oxygens (including phenoxy) is 1. The van der Waals surface area contributed by atoms with Crippen molar-refractivity contribution in [2.75, 3.05) is 0 Å². The Morgan fingerprint density at radius 2 is 1.89 bits per heavy atom. The van der Waals surface area contributed by atoms with Gasteiger partial charge in [-0.05, 0) is 11.0 Å². The largest absolute Gasteiger partial charge is 0.488 e. The number of carbonyl (C=O) groups is 2. The van der Waals surface area contributed by atoms with E-state index in [1.165, 1.54) is 12.1 Å². The van der Waals surface area contributed by atoms with Gasteiger partial charge in [0.1, 0.15) is 6.61 Å². The molecule has 1 rings (SSSR count). The second-order valence-corrected chi connectivity index (χ2v) is 3.21. The van der Waals surface area contributed by atoms with Gasteiger partial charge in [0.05, 0.1) is 0 Å². The third kappa shape index (κ3) is 4.72. The zero-order valence-corrected chi connectivity index (χ0v) is 9.20. The molecule has 18 heavy (non-hydrogen) atoms. The molecule has 2 amide bonds. The highest BCUT2D eigenvalue weighted by Crippen LogP contribution is 2.00. The molecule has 0 heterocycles. The molecule has 0 spiro atoms. The first-order valence-corrected chi connectivity index (χ1v) is 4.83. The van der Waals surface area contributed by atoms with Gasteiger partial charge < -0.3 is 25.4 Å². The molecule has 0 fully saturated rings. The Labute approximate surface area is 102 Å². The van der Waals surface area contributed by atoms with Crippen LogP contribution >= 0.6 is 0 Å². The zero-order chi connectivity index (χ0) is 13.5. The van der Waals surface area contributed by atoms with Crippen molar-refractivity contribution < 1.29 is 29.2 Å². The number of benzene rings is 1. The van der Waals surface area contributed by atoms with E-state index < -0.39 is 19.3 Å². The molecule has 1 aromatic carbocycles. The maximum Gasteiger partial charge on any atom is 0.488 e. The van der Waals surface area contributed by atoms with Crippen molar-refractivity contribution in [1.82, 2.24) is 5.48 Å². The van der Waals surface area contributed by atoms with Crippen LogP contribution in [0.2, 0.25) is 0 Å². The lowest BCUT2D eigenvalue weighted by atomic mass is 9.80. The third-order valence-corrected chi connectivity index (χ3v) is 1.88. The van der Waals surface area contributed by atoms with Gasteiger partial charge in [-0.25, -0.2) is 9.59 Å². The van der Waals surface area contributed by atoms with Crippen LogP contribution in [0, 0.1) is 0 Å². The fourth-order valence-electron chi connectivity index (χ4n) is 1.06. The number of carbonyl (C=O) groups excluding carboxylic acids is 2. The van der Waals surface area contributed by atoms with Gasteiger partial charge in [0.2, 0.25) is 0 Å². The fourth-order valence-corrected chi connectivity index (χ4v) is 1.06. The van der Waals surface area contributed by atoms with Gasteiger partial charge in [-0.1, -0.05) is 24.3 Å². The summed E-state index contributed by atoms with van der Waals surface area (Å²) in [4.78, 5) is 25.1. The van der Waals surface area contributed by atoms with E-state index in [1.807, 2.05) is 0 Å². The van der Waals surface area contributed by atoms with Crippen LogP contribution in [0.25, 0.3) is 0 Å². The Morgan fingerprint density at radius 3 is 2.39 bits per heavy atom. The maximum atomic E-state index is 10.9. The topological polar surface area (TPSA) is 131 Å². The first-order valence-electron chi connectivity index (χ1n) is 4.83. The minimum atomic E-state index is -1.55. The standard InChI is InChI=1S/C9H11BN2O6/c11-8(13)18-12-9(14)17-5-6-1-3-7(4-2-6)10(15)16/h1-4,15-16H,5H2,(H2,11,13)(H,12,14). The average Bonchev–Trinajstić information content (AvgIpc) is 2.34. The van der Waals surface area contributed by atoms with E-state index in [4.69, 9.17) is 10.0 Å². The molecule has 0 aliphatic heterocycles. The van der Waals surface area contributed by atoms with Crippen molar-refractivity contribution in [3.8, 4) is 0 Å². The monoisotopic (exact) mass is 254 g/mol. The van der Waals surface area contributed by atoms with Crippen LogP contribution in [0.3, 0.4) is 0 Å². The highest BCUT2D eigenvalue weighted by Gasteiger charge is 2.10. The molecule has 0 saturated carbocycles. The van der Waals surface area contributed by atoms with Gasteiger partial charge in [-0.2, -0.15) is 0 Å². The number of nitrogens with two attached hydrogens (primary N) is 1. The van der Waals surface area contributed by atoms with Crippen LogP contribution in [-0.4, -0.2) is 29.4 Å². The van der Waals surface area contributed by atoms with Crippen molar-refractivity contribution in [2.24, 2.45) is 5.73 Å². The second kappa shape index (κ2) is 6.47. The fraction of sp³-hybridized carbons (Fsp3) is 0.111. The number of hydrogen-bond donors (Lipinski definition) is 4. The first-order chi connectivity index (χ1) is 8.49. The van der Waals surface area contributed by atoms with Crippen molar-refractivity contribution >= 4 is 24.8 Å². The number of hydroxylamine groups is 1. The highest BCUT2D eigenvalue weighted by atomic mass is 16.7. The van der Waals surface area contributed by atoms with Crippen LogP contribution in [0.15, 0.2) is 24.3 Å². The van der Waals surface area contributed by atoms with E-state index >= 15 is 0 Å². The lowest BCUT2D eigenvalue weighted by Crippen LogP contribution is -2.30. The van der Waals surface area contributed by atoms with Gasteiger partial charge in [-0.3, -0.25) is 0 Å². The summed E-state index contributed by atoms with van der Waals surface area (Å²) in [5.41, 5.74) is 7.22. The Morgan fingerprint density at radius 1 is 1.28 bits per heavy atom. The Hall–Kier alpha value is -2.26. The minimum Gasteiger partial charge on any atom is -0.443 e. The number of primary amides is 1. The molecule has 9 heteroatoms. The summed E-state index contributed by atoms with van der Waals surface area (Å²) in [6.45, 7) is -0.0737. The van der Waals surface area contributed by atoms with Gasteiger partial charge in [0.25, 0.3) is 0 Å². The molecule has 0 atom stereocenters.